The van der Waals surface area contributed by atoms with Gasteiger partial charge in [-0.05, 0) is 180 Å². The van der Waals surface area contributed by atoms with Gasteiger partial charge in [0.2, 0.25) is 0 Å². The first-order chi connectivity index (χ1) is 29.1. The second kappa shape index (κ2) is 9.58. The quantitative estimate of drug-likeness (QED) is 0.175. The molecule has 0 radical (unpaired) electrons. The number of para-hydroxylation sites is 3. The van der Waals surface area contributed by atoms with E-state index in [1.807, 2.05) is 0 Å². The predicted octanol–water partition coefficient (Wildman–Crippen LogP) is 13.1. The normalized spacial score (nSPS) is 39.2. The Hall–Kier alpha value is -5.12. The van der Waals surface area contributed by atoms with Gasteiger partial charge in [0.05, 0.1) is 22.1 Å². The summed E-state index contributed by atoms with van der Waals surface area (Å²) in [5, 5.41) is 5.20. The third-order valence-electron chi connectivity index (χ3n) is 20.2. The number of benzene rings is 6. The maximum Gasteiger partial charge on any atom is 0.101 e. The number of hydrogen-bond donors (Lipinski definition) is 0. The number of rotatable bonds is 3. The summed E-state index contributed by atoms with van der Waals surface area (Å²) in [6.45, 7) is 0. The van der Waals surface area contributed by atoms with Crippen molar-refractivity contribution in [3.63, 3.8) is 0 Å². The lowest BCUT2D eigenvalue weighted by atomic mass is 9.36. The number of ether oxygens (including phenoxy) is 1. The van der Waals surface area contributed by atoms with Gasteiger partial charge in [0.15, 0.2) is 0 Å². The van der Waals surface area contributed by atoms with Gasteiger partial charge in [-0.15, -0.1) is 0 Å². The molecule has 12 atom stereocenters. The highest BCUT2D eigenvalue weighted by atomic mass is 16.5. The Labute approximate surface area is 344 Å². The molecule has 3 heterocycles. The van der Waals surface area contributed by atoms with Crippen LogP contribution in [0.2, 0.25) is 0 Å². The molecule has 9 aliphatic rings. The largest absolute Gasteiger partial charge is 0.358 e. The zero-order valence-electron chi connectivity index (χ0n) is 33.3. The zero-order valence-corrected chi connectivity index (χ0v) is 33.3. The molecule has 286 valence electrons. The van der Waals surface area contributed by atoms with Crippen LogP contribution in [0.15, 0.2) is 133 Å². The van der Waals surface area contributed by atoms with Gasteiger partial charge in [0, 0.05) is 32.9 Å². The Balaban J connectivity index is 0.908. The molecule has 3 heteroatoms. The summed E-state index contributed by atoms with van der Waals surface area (Å²) in [6.07, 6.45) is 11.6. The van der Waals surface area contributed by atoms with Gasteiger partial charge >= 0.3 is 0 Å². The average molecular weight is 763 g/mol. The molecule has 0 amide bonds. The van der Waals surface area contributed by atoms with E-state index in [0.717, 1.165) is 41.4 Å². The minimum atomic E-state index is -0.0614. The monoisotopic (exact) mass is 762 g/mol. The first-order valence-electron chi connectivity index (χ1n) is 23.1. The Kier molecular flexibility index (Phi) is 5.01. The van der Waals surface area contributed by atoms with Crippen molar-refractivity contribution in [2.75, 3.05) is 0 Å². The molecule has 4 spiro atoms. The van der Waals surface area contributed by atoms with Crippen LogP contribution in [0.25, 0.3) is 66.1 Å². The Morgan fingerprint density at radius 1 is 0.407 bits per heavy atom. The summed E-state index contributed by atoms with van der Waals surface area (Å²) in [5.41, 5.74) is 14.6. The van der Waals surface area contributed by atoms with Crippen molar-refractivity contribution < 1.29 is 4.74 Å². The van der Waals surface area contributed by atoms with Gasteiger partial charge in [-0.25, -0.2) is 0 Å². The molecular formula is C56H46N2O. The van der Waals surface area contributed by atoms with Crippen molar-refractivity contribution in [1.29, 1.82) is 0 Å². The van der Waals surface area contributed by atoms with E-state index in [2.05, 4.69) is 143 Å². The van der Waals surface area contributed by atoms with Crippen LogP contribution in [0.5, 0.6) is 0 Å². The molecule has 59 heavy (non-hydrogen) atoms. The first kappa shape index (κ1) is 30.9. The van der Waals surface area contributed by atoms with Gasteiger partial charge in [0.1, 0.15) is 11.2 Å². The van der Waals surface area contributed by atoms with E-state index in [-0.39, 0.29) is 11.2 Å². The van der Waals surface area contributed by atoms with E-state index in [1.54, 1.807) is 11.1 Å². The minimum Gasteiger partial charge on any atom is -0.358 e. The van der Waals surface area contributed by atoms with E-state index in [0.29, 0.717) is 16.7 Å². The number of aromatic nitrogens is 2. The highest BCUT2D eigenvalue weighted by Crippen LogP contribution is 2.92. The fourth-order valence-electron chi connectivity index (χ4n) is 18.3. The average Bonchev–Trinajstić information content (AvgIpc) is 4.11. The molecule has 2 aromatic heterocycles. The minimum absolute atomic E-state index is 0.0254. The molecule has 0 N–H and O–H groups in total. The maximum atomic E-state index is 8.27. The lowest BCUT2D eigenvalue weighted by molar-refractivity contribution is -0.326. The van der Waals surface area contributed by atoms with Crippen molar-refractivity contribution in [3.05, 3.63) is 145 Å². The van der Waals surface area contributed by atoms with Crippen molar-refractivity contribution in [2.45, 2.75) is 62.6 Å². The van der Waals surface area contributed by atoms with Crippen LogP contribution in [0.4, 0.5) is 0 Å². The summed E-state index contributed by atoms with van der Waals surface area (Å²) in [5.74, 6) is 6.87. The second-order valence-electron chi connectivity index (χ2n) is 21.2. The molecule has 8 aromatic rings. The van der Waals surface area contributed by atoms with E-state index >= 15 is 0 Å². The van der Waals surface area contributed by atoms with Crippen LogP contribution in [0, 0.1) is 58.2 Å². The van der Waals surface area contributed by atoms with Crippen LogP contribution in [0.1, 0.15) is 62.5 Å². The molecule has 4 bridgehead atoms. The fraction of sp³-hybridized carbons (Fsp3) is 0.357. The summed E-state index contributed by atoms with van der Waals surface area (Å²) in [4.78, 5) is 0. The maximum absolute atomic E-state index is 8.27. The lowest BCUT2D eigenvalue weighted by Crippen LogP contribution is -2.67. The van der Waals surface area contributed by atoms with Gasteiger partial charge in [-0.2, -0.15) is 0 Å². The Morgan fingerprint density at radius 2 is 0.915 bits per heavy atom. The number of fused-ring (bicyclic) bond motifs is 16. The summed E-state index contributed by atoms with van der Waals surface area (Å²) in [7, 11) is 0. The SMILES string of the molecule is c1ccc(-n2c3ccccc3c3ccc4c5cc(-c6ccc7c(c6)C6(OC78C7CC9CC%10CC8C9%10C7)C7CC8CC9CC6C89C7)ccc5n(-c5ccccc5)c4c32)cc1. The lowest BCUT2D eigenvalue weighted by Gasteiger charge is -2.71. The summed E-state index contributed by atoms with van der Waals surface area (Å²) < 4.78 is 13.3. The van der Waals surface area contributed by atoms with Crippen molar-refractivity contribution in [1.82, 2.24) is 9.13 Å². The molecule has 17 rings (SSSR count). The molecule has 8 fully saturated rings. The van der Waals surface area contributed by atoms with Gasteiger partial charge in [-0.1, -0.05) is 84.9 Å². The van der Waals surface area contributed by atoms with E-state index in [1.165, 1.54) is 117 Å². The molecule has 1 aliphatic heterocycles. The molecular weight excluding hydrogens is 717 g/mol. The van der Waals surface area contributed by atoms with Crippen molar-refractivity contribution in [3.8, 4) is 22.5 Å². The van der Waals surface area contributed by atoms with Crippen molar-refractivity contribution >= 4 is 43.6 Å². The van der Waals surface area contributed by atoms with Gasteiger partial charge in [0.25, 0.3) is 0 Å². The zero-order chi connectivity index (χ0) is 37.8. The van der Waals surface area contributed by atoms with Gasteiger partial charge < -0.3 is 13.9 Å². The number of hydrogen-bond acceptors (Lipinski definition) is 1. The smallest absolute Gasteiger partial charge is 0.101 e. The topological polar surface area (TPSA) is 19.1 Å². The van der Waals surface area contributed by atoms with Crippen LogP contribution >= 0.6 is 0 Å². The third kappa shape index (κ3) is 3.02. The predicted molar refractivity (Wildman–Crippen MR) is 235 cm³/mol. The molecule has 0 saturated heterocycles. The summed E-state index contributed by atoms with van der Waals surface area (Å²) in [6, 6.07) is 51.0. The van der Waals surface area contributed by atoms with Crippen molar-refractivity contribution in [2.24, 2.45) is 58.2 Å². The fourth-order valence-corrected chi connectivity index (χ4v) is 18.3. The van der Waals surface area contributed by atoms with Crippen LogP contribution in [-0.2, 0) is 15.9 Å². The van der Waals surface area contributed by atoms with Crippen LogP contribution < -0.4 is 0 Å². The highest BCUT2D eigenvalue weighted by Gasteiger charge is 2.88. The standard InChI is InChI=1S/C56H46N2O/c1-3-9-39(10-4-1)57-47-14-8-7-13-41(47)42-17-18-43-44-21-31(16-20-48(44)58(52(43)51(42)57)40-11-5-2-6-12-40)32-15-19-45-46(22-32)56(38-26-34-24-36-28-50(56)54(34,36)30-38)59-55(45)37-25-33-23-35-27-49(55)53(33,35)29-37/h1-22,33-38,49-50H,23-30H2. The van der Waals surface area contributed by atoms with Crippen LogP contribution in [0.3, 0.4) is 0 Å². The summed E-state index contributed by atoms with van der Waals surface area (Å²) >= 11 is 0. The van der Waals surface area contributed by atoms with E-state index in [9.17, 15) is 0 Å². The number of nitrogens with zero attached hydrogens (tertiary/aromatic N) is 2. The third-order valence-corrected chi connectivity index (χ3v) is 20.2. The van der Waals surface area contributed by atoms with E-state index < -0.39 is 0 Å². The van der Waals surface area contributed by atoms with Gasteiger partial charge in [-0.3, -0.25) is 0 Å². The molecule has 8 aliphatic carbocycles. The molecule has 8 saturated carbocycles. The Morgan fingerprint density at radius 3 is 1.54 bits per heavy atom. The van der Waals surface area contributed by atoms with E-state index in [4.69, 9.17) is 4.74 Å². The first-order valence-corrected chi connectivity index (χ1v) is 23.1. The Bertz CT molecular complexity index is 3250. The molecule has 3 nitrogen and oxygen atoms in total. The molecule has 12 unspecified atom stereocenters. The van der Waals surface area contributed by atoms with Crippen LogP contribution in [-0.4, -0.2) is 9.13 Å². The second-order valence-corrected chi connectivity index (χ2v) is 21.2. The molecule has 6 aromatic carbocycles. The highest BCUT2D eigenvalue weighted by molar-refractivity contribution is 6.24.